The van der Waals surface area contributed by atoms with E-state index in [1.165, 1.54) is 4.90 Å². The second-order valence-corrected chi connectivity index (χ2v) is 4.53. The summed E-state index contributed by atoms with van der Waals surface area (Å²) in [5, 5.41) is 0. The number of esters is 1. The fraction of sp³-hybridized carbons (Fsp3) is 0.714. The molecule has 2 atom stereocenters. The number of rotatable bonds is 7. The Balaban J connectivity index is 2.66. The van der Waals surface area contributed by atoms with Crippen LogP contribution in [-0.4, -0.2) is 49.2 Å². The maximum atomic E-state index is 12.4. The van der Waals surface area contributed by atoms with Gasteiger partial charge < -0.3 is 14.4 Å². The molecule has 1 amide bonds. The Labute approximate surface area is 114 Å². The molecular weight excluding hydrogens is 246 g/mol. The number of hydrogen-bond acceptors (Lipinski definition) is 4. The van der Waals surface area contributed by atoms with Gasteiger partial charge in [-0.15, -0.1) is 6.58 Å². The highest BCUT2D eigenvalue weighted by atomic mass is 16.5. The highest BCUT2D eigenvalue weighted by molar-refractivity contribution is 5.84. The van der Waals surface area contributed by atoms with Crippen LogP contribution in [0.5, 0.6) is 0 Å². The van der Waals surface area contributed by atoms with Gasteiger partial charge in [0.1, 0.15) is 6.54 Å². The fourth-order valence-corrected chi connectivity index (χ4v) is 2.32. The monoisotopic (exact) mass is 269 g/mol. The largest absolute Gasteiger partial charge is 0.465 e. The molecule has 0 aromatic rings. The molecule has 2 unspecified atom stereocenters. The third kappa shape index (κ3) is 4.35. The van der Waals surface area contributed by atoms with Crippen LogP contribution in [0.4, 0.5) is 0 Å². The molecule has 1 heterocycles. The van der Waals surface area contributed by atoms with Crippen LogP contribution in [-0.2, 0) is 19.1 Å². The van der Waals surface area contributed by atoms with Gasteiger partial charge in [0.15, 0.2) is 0 Å². The van der Waals surface area contributed by atoms with E-state index in [9.17, 15) is 9.59 Å². The van der Waals surface area contributed by atoms with Crippen molar-refractivity contribution in [3.63, 3.8) is 0 Å². The lowest BCUT2D eigenvalue weighted by Crippen LogP contribution is -2.42. The Morgan fingerprint density at radius 2 is 2.21 bits per heavy atom. The van der Waals surface area contributed by atoms with Crippen LogP contribution in [0.15, 0.2) is 12.7 Å². The average Bonchev–Trinajstić information content (AvgIpc) is 2.86. The van der Waals surface area contributed by atoms with Gasteiger partial charge >= 0.3 is 5.97 Å². The Hall–Kier alpha value is -1.36. The van der Waals surface area contributed by atoms with Crippen LogP contribution in [0.1, 0.15) is 26.7 Å². The first-order valence-electron chi connectivity index (χ1n) is 6.80. The number of amides is 1. The summed E-state index contributed by atoms with van der Waals surface area (Å²) in [6.45, 7) is 8.63. The second kappa shape index (κ2) is 7.94. The summed E-state index contributed by atoms with van der Waals surface area (Å²) in [7, 11) is 0. The molecule has 1 aliphatic heterocycles. The van der Waals surface area contributed by atoms with Gasteiger partial charge in [-0.2, -0.15) is 0 Å². The van der Waals surface area contributed by atoms with Crippen LogP contribution >= 0.6 is 0 Å². The number of ether oxygens (including phenoxy) is 2. The smallest absolute Gasteiger partial charge is 0.325 e. The van der Waals surface area contributed by atoms with E-state index < -0.39 is 0 Å². The van der Waals surface area contributed by atoms with Gasteiger partial charge in [-0.25, -0.2) is 0 Å². The molecule has 1 fully saturated rings. The van der Waals surface area contributed by atoms with Gasteiger partial charge in [0.05, 0.1) is 18.6 Å². The zero-order valence-corrected chi connectivity index (χ0v) is 11.8. The van der Waals surface area contributed by atoms with Crippen molar-refractivity contribution in [1.82, 2.24) is 4.90 Å². The third-order valence-corrected chi connectivity index (χ3v) is 3.22. The van der Waals surface area contributed by atoms with E-state index in [4.69, 9.17) is 9.47 Å². The minimum atomic E-state index is -0.385. The van der Waals surface area contributed by atoms with E-state index in [1.54, 1.807) is 13.0 Å². The molecule has 19 heavy (non-hydrogen) atoms. The second-order valence-electron chi connectivity index (χ2n) is 4.53. The molecule has 5 heteroatoms. The Kier molecular flexibility index (Phi) is 6.56. The van der Waals surface area contributed by atoms with Crippen LogP contribution in [0.2, 0.25) is 0 Å². The van der Waals surface area contributed by atoms with E-state index in [0.717, 1.165) is 6.42 Å². The van der Waals surface area contributed by atoms with Gasteiger partial charge in [0.2, 0.25) is 5.91 Å². The molecule has 5 nitrogen and oxygen atoms in total. The Bertz CT molecular complexity index is 329. The molecular formula is C14H23NO4. The average molecular weight is 269 g/mol. The van der Waals surface area contributed by atoms with Gasteiger partial charge in [-0.05, 0) is 19.8 Å². The molecule has 0 aromatic carbocycles. The van der Waals surface area contributed by atoms with Crippen LogP contribution in [0, 0.1) is 5.92 Å². The predicted octanol–water partition coefficient (Wildman–Crippen LogP) is 1.38. The van der Waals surface area contributed by atoms with Gasteiger partial charge in [-0.1, -0.05) is 13.0 Å². The molecule has 1 rings (SSSR count). The first-order chi connectivity index (χ1) is 9.13. The van der Waals surface area contributed by atoms with E-state index in [2.05, 4.69) is 6.58 Å². The lowest BCUT2D eigenvalue weighted by atomic mass is 9.98. The van der Waals surface area contributed by atoms with Crippen molar-refractivity contribution < 1.29 is 19.1 Å². The maximum Gasteiger partial charge on any atom is 0.325 e. The number of carbonyl (C=O) groups excluding carboxylic acids is 2. The lowest BCUT2D eigenvalue weighted by molar-refractivity contribution is -0.150. The van der Waals surface area contributed by atoms with Gasteiger partial charge in [-0.3, -0.25) is 9.59 Å². The van der Waals surface area contributed by atoms with Crippen LogP contribution in [0.3, 0.4) is 0 Å². The highest BCUT2D eigenvalue weighted by Crippen LogP contribution is 2.25. The molecule has 0 spiro atoms. The number of nitrogens with zero attached hydrogens (tertiary/aromatic N) is 1. The minimum absolute atomic E-state index is 0.0222. The summed E-state index contributed by atoms with van der Waals surface area (Å²) in [6.07, 6.45) is 3.10. The normalized spacial score (nSPS) is 22.0. The van der Waals surface area contributed by atoms with E-state index >= 15 is 0 Å². The first-order valence-corrected chi connectivity index (χ1v) is 6.80. The van der Waals surface area contributed by atoms with Crippen molar-refractivity contribution in [3.05, 3.63) is 12.7 Å². The summed E-state index contributed by atoms with van der Waals surface area (Å²) in [5.74, 6) is -0.582. The molecule has 0 radical (unpaired) electrons. The molecule has 0 aliphatic carbocycles. The van der Waals surface area contributed by atoms with E-state index in [-0.39, 0.29) is 30.4 Å². The molecule has 0 bridgehead atoms. The summed E-state index contributed by atoms with van der Waals surface area (Å²) < 4.78 is 10.4. The summed E-state index contributed by atoms with van der Waals surface area (Å²) >= 11 is 0. The summed E-state index contributed by atoms with van der Waals surface area (Å²) in [4.78, 5) is 25.4. The molecule has 0 N–H and O–H groups in total. The van der Waals surface area contributed by atoms with Crippen molar-refractivity contribution in [3.8, 4) is 0 Å². The zero-order valence-electron chi connectivity index (χ0n) is 11.8. The standard InChI is InChI=1S/C14H23NO4/c1-4-8-15(10-13(16)18-6-3)14(17)11-7-9-19-12(11)5-2/h4,11-12H,1,5-10H2,2-3H3. The number of carbonyl (C=O) groups is 2. The Morgan fingerprint density at radius 3 is 2.79 bits per heavy atom. The van der Waals surface area contributed by atoms with Crippen LogP contribution < -0.4 is 0 Å². The van der Waals surface area contributed by atoms with Gasteiger partial charge in [0.25, 0.3) is 0 Å². The molecule has 1 aliphatic rings. The van der Waals surface area contributed by atoms with Crippen molar-refractivity contribution in [2.24, 2.45) is 5.92 Å². The van der Waals surface area contributed by atoms with E-state index in [0.29, 0.717) is 26.2 Å². The Morgan fingerprint density at radius 1 is 1.47 bits per heavy atom. The van der Waals surface area contributed by atoms with E-state index in [1.807, 2.05) is 6.92 Å². The molecule has 1 saturated heterocycles. The van der Waals surface area contributed by atoms with Crippen molar-refractivity contribution in [1.29, 1.82) is 0 Å². The summed E-state index contributed by atoms with van der Waals surface area (Å²) in [6, 6.07) is 0. The SMILES string of the molecule is C=CCN(CC(=O)OCC)C(=O)C1CCOC1CC. The lowest BCUT2D eigenvalue weighted by Gasteiger charge is -2.25. The topological polar surface area (TPSA) is 55.8 Å². The zero-order chi connectivity index (χ0) is 14.3. The quantitative estimate of drug-likeness (QED) is 0.517. The third-order valence-electron chi connectivity index (χ3n) is 3.22. The fourth-order valence-electron chi connectivity index (χ4n) is 2.32. The molecule has 108 valence electrons. The minimum Gasteiger partial charge on any atom is -0.465 e. The summed E-state index contributed by atoms with van der Waals surface area (Å²) in [5.41, 5.74) is 0. The van der Waals surface area contributed by atoms with Crippen molar-refractivity contribution >= 4 is 11.9 Å². The molecule has 0 saturated carbocycles. The maximum absolute atomic E-state index is 12.4. The number of hydrogen-bond donors (Lipinski definition) is 0. The van der Waals surface area contributed by atoms with Crippen molar-refractivity contribution in [2.45, 2.75) is 32.8 Å². The van der Waals surface area contributed by atoms with Crippen molar-refractivity contribution in [2.75, 3.05) is 26.3 Å². The highest BCUT2D eigenvalue weighted by Gasteiger charge is 2.35. The van der Waals surface area contributed by atoms with Crippen LogP contribution in [0.25, 0.3) is 0 Å². The van der Waals surface area contributed by atoms with Gasteiger partial charge in [0, 0.05) is 13.2 Å². The predicted molar refractivity (Wildman–Crippen MR) is 71.5 cm³/mol. The first kappa shape index (κ1) is 15.7. The molecule has 0 aromatic heterocycles.